The molecule has 1 aliphatic heterocycles. The van der Waals surface area contributed by atoms with Crippen molar-refractivity contribution in [3.05, 3.63) is 98.5 Å². The highest BCUT2D eigenvalue weighted by Crippen LogP contribution is 2.61. The van der Waals surface area contributed by atoms with Gasteiger partial charge in [0.25, 0.3) is 0 Å². The summed E-state index contributed by atoms with van der Waals surface area (Å²) in [6.45, 7) is 8.65. The second-order valence-electron chi connectivity index (χ2n) is 10.7. The molecule has 3 aromatic carbocycles. The fourth-order valence-electron chi connectivity index (χ4n) is 6.22. The van der Waals surface area contributed by atoms with Gasteiger partial charge in [0.05, 0.1) is 17.5 Å². The van der Waals surface area contributed by atoms with Crippen molar-refractivity contribution >= 4 is 33.4 Å². The van der Waals surface area contributed by atoms with Gasteiger partial charge < -0.3 is 0 Å². The highest BCUT2D eigenvalue weighted by molar-refractivity contribution is 9.10. The summed E-state index contributed by atoms with van der Waals surface area (Å²) in [4.78, 5) is 29.3. The van der Waals surface area contributed by atoms with E-state index in [0.717, 1.165) is 10.0 Å². The van der Waals surface area contributed by atoms with Crippen molar-refractivity contribution in [3.63, 3.8) is 0 Å². The highest BCUT2D eigenvalue weighted by Gasteiger charge is 2.62. The van der Waals surface area contributed by atoms with E-state index in [0.29, 0.717) is 5.69 Å². The first-order valence-corrected chi connectivity index (χ1v) is 12.3. The van der Waals surface area contributed by atoms with Crippen LogP contribution in [0.15, 0.2) is 65.1 Å². The lowest BCUT2D eigenvalue weighted by atomic mass is 9.54. The zero-order valence-electron chi connectivity index (χ0n) is 19.2. The van der Waals surface area contributed by atoms with E-state index in [1.165, 1.54) is 32.7 Å². The van der Waals surface area contributed by atoms with Crippen molar-refractivity contribution in [3.8, 4) is 0 Å². The van der Waals surface area contributed by atoms with Crippen LogP contribution in [0.1, 0.15) is 66.0 Å². The van der Waals surface area contributed by atoms with Crippen LogP contribution in [-0.4, -0.2) is 11.8 Å². The Balaban J connectivity index is 1.56. The first-order chi connectivity index (χ1) is 15.7. The Morgan fingerprint density at radius 1 is 0.758 bits per heavy atom. The van der Waals surface area contributed by atoms with E-state index in [1.807, 2.05) is 31.2 Å². The van der Waals surface area contributed by atoms with E-state index in [4.69, 9.17) is 0 Å². The maximum atomic E-state index is 14.0. The molecule has 33 heavy (non-hydrogen) atoms. The maximum Gasteiger partial charge on any atom is 0.238 e. The van der Waals surface area contributed by atoms with Crippen LogP contribution in [-0.2, 0) is 15.0 Å². The number of carbonyl (C=O) groups excluding carboxylic acids is 2. The second kappa shape index (κ2) is 6.89. The summed E-state index contributed by atoms with van der Waals surface area (Å²) in [5, 5.41) is 0. The van der Waals surface area contributed by atoms with Gasteiger partial charge >= 0.3 is 0 Å². The number of aryl methyl sites for hydroxylation is 1. The first kappa shape index (κ1) is 20.9. The molecule has 2 bridgehead atoms. The fraction of sp³-hybridized carbons (Fsp3) is 0.310. The van der Waals surface area contributed by atoms with Crippen molar-refractivity contribution in [1.82, 2.24) is 0 Å². The number of anilines is 1. The summed E-state index contributed by atoms with van der Waals surface area (Å²) in [5.41, 5.74) is 7.83. The number of hydrogen-bond acceptors (Lipinski definition) is 2. The number of carbonyl (C=O) groups is 2. The van der Waals surface area contributed by atoms with Crippen LogP contribution in [0.5, 0.6) is 0 Å². The van der Waals surface area contributed by atoms with E-state index < -0.39 is 0 Å². The van der Waals surface area contributed by atoms with Gasteiger partial charge in [-0.25, -0.2) is 4.90 Å². The quantitative estimate of drug-likeness (QED) is 0.360. The molecule has 4 heteroatoms. The van der Waals surface area contributed by atoms with Crippen LogP contribution in [0.4, 0.5) is 5.69 Å². The van der Waals surface area contributed by atoms with E-state index in [2.05, 4.69) is 73.1 Å². The molecule has 0 spiro atoms. The van der Waals surface area contributed by atoms with Crippen LogP contribution < -0.4 is 4.90 Å². The van der Waals surface area contributed by atoms with Crippen molar-refractivity contribution in [2.45, 2.75) is 44.9 Å². The number of imide groups is 1. The second-order valence-corrected chi connectivity index (χ2v) is 11.6. The van der Waals surface area contributed by atoms with E-state index in [-0.39, 0.29) is 40.9 Å². The molecule has 1 heterocycles. The Morgan fingerprint density at radius 3 is 1.91 bits per heavy atom. The molecule has 3 aliphatic carbocycles. The van der Waals surface area contributed by atoms with Gasteiger partial charge in [-0.2, -0.15) is 0 Å². The van der Waals surface area contributed by atoms with Gasteiger partial charge in [0.1, 0.15) is 0 Å². The van der Waals surface area contributed by atoms with Gasteiger partial charge in [-0.3, -0.25) is 9.59 Å². The van der Waals surface area contributed by atoms with Gasteiger partial charge in [-0.05, 0) is 73.8 Å². The molecule has 4 atom stereocenters. The zero-order chi connectivity index (χ0) is 23.2. The largest absolute Gasteiger partial charge is 0.274 e. The molecule has 166 valence electrons. The Hall–Kier alpha value is -2.72. The summed E-state index contributed by atoms with van der Waals surface area (Å²) < 4.78 is 0.778. The molecular formula is C29H26BrNO2. The lowest BCUT2D eigenvalue weighted by Gasteiger charge is -2.46. The molecule has 4 unspecified atom stereocenters. The molecule has 3 aromatic rings. The maximum absolute atomic E-state index is 14.0. The third-order valence-corrected chi connectivity index (χ3v) is 8.38. The summed E-state index contributed by atoms with van der Waals surface area (Å²) in [7, 11) is 0. The van der Waals surface area contributed by atoms with Crippen LogP contribution in [0, 0.1) is 18.8 Å². The van der Waals surface area contributed by atoms with Crippen molar-refractivity contribution < 1.29 is 9.59 Å². The predicted molar refractivity (Wildman–Crippen MR) is 134 cm³/mol. The van der Waals surface area contributed by atoms with Crippen LogP contribution >= 0.6 is 15.9 Å². The van der Waals surface area contributed by atoms with Gasteiger partial charge in [0, 0.05) is 16.3 Å². The van der Waals surface area contributed by atoms with Gasteiger partial charge in [0.15, 0.2) is 0 Å². The van der Waals surface area contributed by atoms with Crippen LogP contribution in [0.25, 0.3) is 0 Å². The molecule has 4 aliphatic rings. The monoisotopic (exact) mass is 499 g/mol. The molecule has 7 rings (SSSR count). The molecule has 2 amide bonds. The summed E-state index contributed by atoms with van der Waals surface area (Å²) >= 11 is 3.60. The zero-order valence-corrected chi connectivity index (χ0v) is 20.8. The number of hydrogen-bond donors (Lipinski definition) is 0. The third kappa shape index (κ3) is 2.80. The van der Waals surface area contributed by atoms with Crippen molar-refractivity contribution in [1.29, 1.82) is 0 Å². The number of nitrogens with zero attached hydrogens (tertiary/aromatic N) is 1. The van der Waals surface area contributed by atoms with Crippen molar-refractivity contribution in [2.75, 3.05) is 4.90 Å². The lowest BCUT2D eigenvalue weighted by molar-refractivity contribution is -0.122. The molecule has 3 nitrogen and oxygen atoms in total. The average Bonchev–Trinajstić information content (AvgIpc) is 3.04. The Morgan fingerprint density at radius 2 is 1.33 bits per heavy atom. The number of amides is 2. The SMILES string of the molecule is Cc1ccc(N2C(=O)C3C4c5ccccc5C(c5cc(C(C)(C)C)ccc54)C3C2=O)c(Br)c1. The number of rotatable bonds is 1. The number of halogens is 1. The first-order valence-electron chi connectivity index (χ1n) is 11.6. The highest BCUT2D eigenvalue weighted by atomic mass is 79.9. The third-order valence-electron chi connectivity index (χ3n) is 7.75. The Labute approximate surface area is 202 Å². The molecule has 0 radical (unpaired) electrons. The average molecular weight is 500 g/mol. The molecular weight excluding hydrogens is 474 g/mol. The summed E-state index contributed by atoms with van der Waals surface area (Å²) in [6.07, 6.45) is 0. The number of benzene rings is 3. The summed E-state index contributed by atoms with van der Waals surface area (Å²) in [6, 6.07) is 20.9. The summed E-state index contributed by atoms with van der Waals surface area (Å²) in [5.74, 6) is -1.08. The van der Waals surface area contributed by atoms with E-state index in [1.54, 1.807) is 0 Å². The molecule has 0 saturated carbocycles. The normalized spacial score (nSPS) is 25.2. The molecule has 0 aromatic heterocycles. The van der Waals surface area contributed by atoms with Gasteiger partial charge in [-0.15, -0.1) is 0 Å². The lowest BCUT2D eigenvalue weighted by Crippen LogP contribution is -2.41. The topological polar surface area (TPSA) is 37.4 Å². The van der Waals surface area contributed by atoms with Gasteiger partial charge in [0.2, 0.25) is 11.8 Å². The molecule has 1 saturated heterocycles. The molecule has 1 fully saturated rings. The van der Waals surface area contributed by atoms with Gasteiger partial charge in [-0.1, -0.05) is 69.3 Å². The minimum absolute atomic E-state index is 0.0128. The van der Waals surface area contributed by atoms with Crippen LogP contribution in [0.2, 0.25) is 0 Å². The fourth-order valence-corrected chi connectivity index (χ4v) is 6.90. The predicted octanol–water partition coefficient (Wildman–Crippen LogP) is 6.45. The minimum atomic E-state index is -0.367. The van der Waals surface area contributed by atoms with Crippen LogP contribution in [0.3, 0.4) is 0 Å². The van der Waals surface area contributed by atoms with E-state index >= 15 is 0 Å². The van der Waals surface area contributed by atoms with Crippen molar-refractivity contribution in [2.24, 2.45) is 11.8 Å². The standard InChI is InChI=1S/C29H26BrNO2/c1-15-9-12-22(21(30)13-15)31-27(32)25-23-17-7-5-6-8-18(17)24(26(25)28(31)33)20-14-16(29(2,3)4)10-11-19(20)23/h5-14,23-26H,1-4H3. The molecule has 0 N–H and O–H groups in total. The van der Waals surface area contributed by atoms with E-state index in [9.17, 15) is 9.59 Å². The Kier molecular flexibility index (Phi) is 4.36. The smallest absolute Gasteiger partial charge is 0.238 e. The Bertz CT molecular complexity index is 1350. The minimum Gasteiger partial charge on any atom is -0.274 e.